The van der Waals surface area contributed by atoms with E-state index in [1.165, 1.54) is 5.56 Å². The number of methoxy groups -OCH3 is 1. The van der Waals surface area contributed by atoms with E-state index in [0.29, 0.717) is 36.7 Å². The molecular weight excluding hydrogens is 404 g/mol. The van der Waals surface area contributed by atoms with Crippen LogP contribution in [-0.4, -0.2) is 36.1 Å². The Hall–Kier alpha value is -3.28. The molecule has 3 aromatic rings. The molecule has 2 heterocycles. The predicted molar refractivity (Wildman–Crippen MR) is 126 cm³/mol. The molecule has 0 saturated heterocycles. The molecule has 0 fully saturated rings. The molecule has 2 aromatic carbocycles. The summed E-state index contributed by atoms with van der Waals surface area (Å²) in [7, 11) is 1.57. The van der Waals surface area contributed by atoms with Gasteiger partial charge in [-0.1, -0.05) is 51.0 Å². The van der Waals surface area contributed by atoms with Crippen molar-refractivity contribution in [2.75, 3.05) is 20.3 Å². The van der Waals surface area contributed by atoms with Crippen LogP contribution in [-0.2, 0) is 6.54 Å². The van der Waals surface area contributed by atoms with Gasteiger partial charge >= 0.3 is 0 Å². The first kappa shape index (κ1) is 21.9. The Morgan fingerprint density at radius 3 is 2.78 bits per heavy atom. The van der Waals surface area contributed by atoms with Gasteiger partial charge < -0.3 is 19.4 Å². The molecule has 0 aliphatic carbocycles. The van der Waals surface area contributed by atoms with Crippen molar-refractivity contribution in [2.45, 2.75) is 45.6 Å². The Kier molecular flexibility index (Phi) is 6.49. The van der Waals surface area contributed by atoms with E-state index in [2.05, 4.69) is 24.9 Å². The predicted octanol–water partition coefficient (Wildman–Crippen LogP) is 4.87. The fourth-order valence-corrected chi connectivity index (χ4v) is 4.40. The number of fused-ring (bicyclic) bond motifs is 2. The summed E-state index contributed by atoms with van der Waals surface area (Å²) in [5.74, 6) is 1.04. The molecule has 1 unspecified atom stereocenters. The molecule has 1 aliphatic rings. The molecule has 32 heavy (non-hydrogen) atoms. The first-order valence-electron chi connectivity index (χ1n) is 11.3. The fourth-order valence-electron chi connectivity index (χ4n) is 4.40. The standard InChI is InChI=1S/C26H30N2O4/c1-4-5-8-13-32-24-22(31-3)12-11-18-14-21(25(29)27-23(18)24)26(30)28-15-17(2)20-10-7-6-9-19(20)16-28/h6-7,9-12,14,17H,4-5,8,13,15-16H2,1-3H3,(H,27,29). The summed E-state index contributed by atoms with van der Waals surface area (Å²) in [6.07, 6.45) is 3.09. The van der Waals surface area contributed by atoms with Crippen molar-refractivity contribution < 1.29 is 14.3 Å². The summed E-state index contributed by atoms with van der Waals surface area (Å²) in [4.78, 5) is 30.9. The van der Waals surface area contributed by atoms with Crippen molar-refractivity contribution in [2.24, 2.45) is 0 Å². The highest BCUT2D eigenvalue weighted by Gasteiger charge is 2.28. The number of H-pyrrole nitrogens is 1. The van der Waals surface area contributed by atoms with Crippen LogP contribution in [0, 0.1) is 0 Å². The monoisotopic (exact) mass is 434 g/mol. The van der Waals surface area contributed by atoms with Gasteiger partial charge in [-0.25, -0.2) is 0 Å². The quantitative estimate of drug-likeness (QED) is 0.539. The number of nitrogens with one attached hydrogen (secondary N) is 1. The van der Waals surface area contributed by atoms with E-state index in [1.54, 1.807) is 18.1 Å². The maximum atomic E-state index is 13.3. The van der Waals surface area contributed by atoms with Gasteiger partial charge in [-0.3, -0.25) is 9.59 Å². The Bertz CT molecular complexity index is 1180. The van der Waals surface area contributed by atoms with Crippen molar-refractivity contribution in [3.8, 4) is 11.5 Å². The Morgan fingerprint density at radius 1 is 1.19 bits per heavy atom. The number of hydrogen-bond donors (Lipinski definition) is 1. The van der Waals surface area contributed by atoms with E-state index in [9.17, 15) is 9.59 Å². The van der Waals surface area contributed by atoms with E-state index < -0.39 is 5.56 Å². The Morgan fingerprint density at radius 2 is 2.00 bits per heavy atom. The fraction of sp³-hybridized carbons (Fsp3) is 0.385. The number of nitrogens with zero attached hydrogens (tertiary/aromatic N) is 1. The Balaban J connectivity index is 1.66. The minimum absolute atomic E-state index is 0.145. The van der Waals surface area contributed by atoms with Crippen LogP contribution in [0.5, 0.6) is 11.5 Å². The van der Waals surface area contributed by atoms with Gasteiger partial charge in [0.15, 0.2) is 11.5 Å². The number of rotatable bonds is 7. The largest absolute Gasteiger partial charge is 0.493 e. The zero-order valence-electron chi connectivity index (χ0n) is 18.9. The van der Waals surface area contributed by atoms with Crippen LogP contribution in [0.1, 0.15) is 60.5 Å². The van der Waals surface area contributed by atoms with Gasteiger partial charge in [0.25, 0.3) is 11.5 Å². The van der Waals surface area contributed by atoms with Gasteiger partial charge in [-0.2, -0.15) is 0 Å². The van der Waals surface area contributed by atoms with Crippen molar-refractivity contribution in [1.29, 1.82) is 0 Å². The minimum Gasteiger partial charge on any atom is -0.493 e. The minimum atomic E-state index is -0.416. The van der Waals surface area contributed by atoms with Crippen molar-refractivity contribution in [1.82, 2.24) is 9.88 Å². The van der Waals surface area contributed by atoms with E-state index in [0.717, 1.165) is 30.2 Å². The van der Waals surface area contributed by atoms with Gasteiger partial charge in [0, 0.05) is 18.5 Å². The van der Waals surface area contributed by atoms with Crippen LogP contribution in [0.4, 0.5) is 0 Å². The lowest BCUT2D eigenvalue weighted by atomic mass is 9.91. The maximum absolute atomic E-state index is 13.3. The number of aromatic nitrogens is 1. The number of benzene rings is 2. The molecule has 168 valence electrons. The topological polar surface area (TPSA) is 71.6 Å². The summed E-state index contributed by atoms with van der Waals surface area (Å²) in [5.41, 5.74) is 2.68. The third kappa shape index (κ3) is 4.22. The van der Waals surface area contributed by atoms with Crippen LogP contribution in [0.15, 0.2) is 47.3 Å². The number of pyridine rings is 1. The summed E-state index contributed by atoms with van der Waals surface area (Å²) >= 11 is 0. The summed E-state index contributed by atoms with van der Waals surface area (Å²) < 4.78 is 11.4. The van der Waals surface area contributed by atoms with Crippen molar-refractivity contribution >= 4 is 16.8 Å². The highest BCUT2D eigenvalue weighted by molar-refractivity contribution is 5.98. The maximum Gasteiger partial charge on any atom is 0.261 e. The lowest BCUT2D eigenvalue weighted by Crippen LogP contribution is -2.39. The van der Waals surface area contributed by atoms with Crippen LogP contribution in [0.3, 0.4) is 0 Å². The molecule has 1 aliphatic heterocycles. The van der Waals surface area contributed by atoms with Gasteiger partial charge in [0.2, 0.25) is 0 Å². The average molecular weight is 435 g/mol. The lowest BCUT2D eigenvalue weighted by molar-refractivity contribution is 0.0719. The molecule has 0 radical (unpaired) electrons. The number of aromatic amines is 1. The summed E-state index contributed by atoms with van der Waals surface area (Å²) in [5, 5.41) is 0.740. The molecule has 4 rings (SSSR count). The van der Waals surface area contributed by atoms with E-state index in [-0.39, 0.29) is 17.4 Å². The number of carbonyl (C=O) groups excluding carboxylic acids is 1. The molecule has 0 spiro atoms. The first-order chi connectivity index (χ1) is 15.5. The average Bonchev–Trinajstić information content (AvgIpc) is 2.81. The zero-order chi connectivity index (χ0) is 22.7. The van der Waals surface area contributed by atoms with Gasteiger partial charge in [-0.05, 0) is 41.7 Å². The SMILES string of the molecule is CCCCCOc1c(OC)ccc2cc(C(=O)N3Cc4ccccc4C(C)C3)c(=O)[nH]c12. The van der Waals surface area contributed by atoms with Crippen LogP contribution in [0.2, 0.25) is 0 Å². The number of hydrogen-bond acceptors (Lipinski definition) is 4. The van der Waals surface area contributed by atoms with Gasteiger partial charge in [0.05, 0.1) is 19.2 Å². The number of amides is 1. The molecule has 1 atom stereocenters. The van der Waals surface area contributed by atoms with Gasteiger partial charge in [-0.15, -0.1) is 0 Å². The molecule has 0 bridgehead atoms. The molecule has 1 N–H and O–H groups in total. The summed E-state index contributed by atoms with van der Waals surface area (Å²) in [6, 6.07) is 13.5. The lowest BCUT2D eigenvalue weighted by Gasteiger charge is -2.33. The molecule has 6 heteroatoms. The zero-order valence-corrected chi connectivity index (χ0v) is 18.9. The second kappa shape index (κ2) is 9.47. The van der Waals surface area contributed by atoms with Crippen LogP contribution >= 0.6 is 0 Å². The molecular formula is C26H30N2O4. The molecule has 1 aromatic heterocycles. The van der Waals surface area contributed by atoms with Gasteiger partial charge in [0.1, 0.15) is 5.56 Å². The van der Waals surface area contributed by atoms with Crippen molar-refractivity contribution in [3.05, 3.63) is 69.5 Å². The van der Waals surface area contributed by atoms with Crippen molar-refractivity contribution in [3.63, 3.8) is 0 Å². The normalized spacial score (nSPS) is 15.5. The molecule has 6 nitrogen and oxygen atoms in total. The van der Waals surface area contributed by atoms with E-state index >= 15 is 0 Å². The third-order valence-electron chi connectivity index (χ3n) is 6.11. The number of unbranched alkanes of at least 4 members (excludes halogenated alkanes) is 2. The first-order valence-corrected chi connectivity index (χ1v) is 11.3. The number of carbonyl (C=O) groups is 1. The molecule has 0 saturated carbocycles. The highest BCUT2D eigenvalue weighted by Crippen LogP contribution is 2.35. The second-order valence-corrected chi connectivity index (χ2v) is 8.41. The number of ether oxygens (including phenoxy) is 2. The highest BCUT2D eigenvalue weighted by atomic mass is 16.5. The second-order valence-electron chi connectivity index (χ2n) is 8.41. The smallest absolute Gasteiger partial charge is 0.261 e. The van der Waals surface area contributed by atoms with Crippen LogP contribution < -0.4 is 15.0 Å². The molecule has 1 amide bonds. The van der Waals surface area contributed by atoms with E-state index in [1.807, 2.05) is 30.3 Å². The van der Waals surface area contributed by atoms with Crippen LogP contribution in [0.25, 0.3) is 10.9 Å². The summed E-state index contributed by atoms with van der Waals surface area (Å²) in [6.45, 7) is 5.87. The third-order valence-corrected chi connectivity index (χ3v) is 6.11. The van der Waals surface area contributed by atoms with E-state index in [4.69, 9.17) is 9.47 Å². The Labute approximate surface area is 188 Å².